The SMILES string of the molecule is CNc1ncnc(NCCNC(N)=O)c1C(C)C. The van der Waals surface area contributed by atoms with Crippen LogP contribution in [0, 0.1) is 0 Å². The average molecular weight is 252 g/mol. The molecule has 1 rings (SSSR count). The highest BCUT2D eigenvalue weighted by Gasteiger charge is 2.13. The number of primary amides is 1. The summed E-state index contributed by atoms with van der Waals surface area (Å²) in [6.07, 6.45) is 1.50. The number of carbonyl (C=O) groups is 1. The highest BCUT2D eigenvalue weighted by Crippen LogP contribution is 2.27. The van der Waals surface area contributed by atoms with E-state index in [2.05, 4.69) is 39.8 Å². The summed E-state index contributed by atoms with van der Waals surface area (Å²) < 4.78 is 0. The van der Waals surface area contributed by atoms with Crippen LogP contribution in [0.15, 0.2) is 6.33 Å². The van der Waals surface area contributed by atoms with Crippen LogP contribution in [0.25, 0.3) is 0 Å². The lowest BCUT2D eigenvalue weighted by atomic mass is 10.0. The van der Waals surface area contributed by atoms with Gasteiger partial charge in [0, 0.05) is 25.7 Å². The third-order valence-corrected chi connectivity index (χ3v) is 2.41. The Kier molecular flexibility index (Phi) is 5.16. The molecule has 0 aliphatic carbocycles. The molecule has 0 aromatic carbocycles. The van der Waals surface area contributed by atoms with Crippen LogP contribution < -0.4 is 21.7 Å². The van der Waals surface area contributed by atoms with Crippen molar-refractivity contribution in [2.75, 3.05) is 30.8 Å². The third-order valence-electron chi connectivity index (χ3n) is 2.41. The minimum absolute atomic E-state index is 0.292. The van der Waals surface area contributed by atoms with E-state index in [-0.39, 0.29) is 0 Å². The van der Waals surface area contributed by atoms with Crippen molar-refractivity contribution in [3.05, 3.63) is 11.9 Å². The number of hydrogen-bond acceptors (Lipinski definition) is 5. The molecule has 0 fully saturated rings. The molecule has 0 bridgehead atoms. The van der Waals surface area contributed by atoms with Crippen molar-refractivity contribution in [2.45, 2.75) is 19.8 Å². The molecular formula is C11H20N6O. The molecule has 0 spiro atoms. The van der Waals surface area contributed by atoms with E-state index in [0.717, 1.165) is 17.2 Å². The van der Waals surface area contributed by atoms with Gasteiger partial charge in [-0.15, -0.1) is 0 Å². The number of nitrogens with two attached hydrogens (primary N) is 1. The molecule has 0 radical (unpaired) electrons. The van der Waals surface area contributed by atoms with Crippen molar-refractivity contribution in [3.63, 3.8) is 0 Å². The van der Waals surface area contributed by atoms with Crippen LogP contribution in [0.4, 0.5) is 16.4 Å². The van der Waals surface area contributed by atoms with Gasteiger partial charge < -0.3 is 21.7 Å². The summed E-state index contributed by atoms with van der Waals surface area (Å²) in [6, 6.07) is -0.528. The van der Waals surface area contributed by atoms with Crippen molar-refractivity contribution in [1.29, 1.82) is 0 Å². The number of anilines is 2. The molecule has 7 nitrogen and oxygen atoms in total. The fourth-order valence-corrected chi connectivity index (χ4v) is 1.65. The summed E-state index contributed by atoms with van der Waals surface area (Å²) >= 11 is 0. The van der Waals surface area contributed by atoms with E-state index in [1.54, 1.807) is 0 Å². The van der Waals surface area contributed by atoms with Gasteiger partial charge in [0.2, 0.25) is 0 Å². The smallest absolute Gasteiger partial charge is 0.312 e. The van der Waals surface area contributed by atoms with Crippen LogP contribution in [-0.2, 0) is 0 Å². The molecule has 0 aliphatic heterocycles. The van der Waals surface area contributed by atoms with E-state index in [1.165, 1.54) is 6.33 Å². The van der Waals surface area contributed by atoms with Gasteiger partial charge in [0.25, 0.3) is 0 Å². The molecule has 0 saturated heterocycles. The summed E-state index contributed by atoms with van der Waals surface area (Å²) in [7, 11) is 1.83. The van der Waals surface area contributed by atoms with E-state index < -0.39 is 6.03 Å². The Morgan fingerprint density at radius 2 is 2.00 bits per heavy atom. The van der Waals surface area contributed by atoms with Crippen molar-refractivity contribution < 1.29 is 4.79 Å². The average Bonchev–Trinajstić information content (AvgIpc) is 2.33. The van der Waals surface area contributed by atoms with Gasteiger partial charge in [0.05, 0.1) is 0 Å². The highest BCUT2D eigenvalue weighted by atomic mass is 16.2. The van der Waals surface area contributed by atoms with Crippen LogP contribution >= 0.6 is 0 Å². The lowest BCUT2D eigenvalue weighted by molar-refractivity contribution is 0.249. The molecule has 0 atom stereocenters. The maximum Gasteiger partial charge on any atom is 0.312 e. The topological polar surface area (TPSA) is 105 Å². The number of urea groups is 1. The number of nitrogens with one attached hydrogen (secondary N) is 3. The predicted octanol–water partition coefficient (Wildman–Crippen LogP) is 0.722. The molecular weight excluding hydrogens is 232 g/mol. The number of carbonyl (C=O) groups excluding carboxylic acids is 1. The maximum atomic E-state index is 10.5. The quantitative estimate of drug-likeness (QED) is 0.558. The van der Waals surface area contributed by atoms with E-state index in [4.69, 9.17) is 5.73 Å². The number of nitrogens with zero attached hydrogens (tertiary/aromatic N) is 2. The van der Waals surface area contributed by atoms with Gasteiger partial charge in [0.15, 0.2) is 0 Å². The van der Waals surface area contributed by atoms with Crippen molar-refractivity contribution in [1.82, 2.24) is 15.3 Å². The first-order valence-corrected chi connectivity index (χ1v) is 5.86. The monoisotopic (exact) mass is 252 g/mol. The molecule has 2 amide bonds. The molecule has 1 heterocycles. The van der Waals surface area contributed by atoms with E-state index in [0.29, 0.717) is 19.0 Å². The van der Waals surface area contributed by atoms with E-state index in [9.17, 15) is 4.79 Å². The Morgan fingerprint density at radius 1 is 1.33 bits per heavy atom. The van der Waals surface area contributed by atoms with Gasteiger partial charge in [-0.25, -0.2) is 14.8 Å². The Hall–Kier alpha value is -2.05. The van der Waals surface area contributed by atoms with Gasteiger partial charge in [-0.1, -0.05) is 13.8 Å². The first-order valence-electron chi connectivity index (χ1n) is 5.86. The Morgan fingerprint density at radius 3 is 2.56 bits per heavy atom. The Bertz CT molecular complexity index is 407. The zero-order valence-corrected chi connectivity index (χ0v) is 10.9. The zero-order chi connectivity index (χ0) is 13.5. The lowest BCUT2D eigenvalue weighted by Gasteiger charge is -2.16. The summed E-state index contributed by atoms with van der Waals surface area (Å²) in [5, 5.41) is 8.72. The van der Waals surface area contributed by atoms with Gasteiger partial charge in [-0.2, -0.15) is 0 Å². The number of hydrogen-bond donors (Lipinski definition) is 4. The fourth-order valence-electron chi connectivity index (χ4n) is 1.65. The standard InChI is InChI=1S/C11H20N6O/c1-7(2)8-9(13-3)16-6-17-10(8)14-4-5-15-11(12)18/h6-7H,4-5H2,1-3H3,(H3,12,15,18)(H2,13,14,16,17). The van der Waals surface area contributed by atoms with Crippen LogP contribution in [0.5, 0.6) is 0 Å². The normalized spacial score (nSPS) is 10.2. The van der Waals surface area contributed by atoms with Gasteiger partial charge in [0.1, 0.15) is 18.0 Å². The molecule has 0 unspecified atom stereocenters. The first-order chi connectivity index (χ1) is 8.56. The predicted molar refractivity (Wildman–Crippen MR) is 71.7 cm³/mol. The number of rotatable bonds is 6. The fraction of sp³-hybridized carbons (Fsp3) is 0.545. The van der Waals surface area contributed by atoms with E-state index in [1.807, 2.05) is 7.05 Å². The Labute approximate surface area is 107 Å². The first kappa shape index (κ1) is 14.0. The van der Waals surface area contributed by atoms with Gasteiger partial charge in [-0.05, 0) is 5.92 Å². The second-order valence-electron chi connectivity index (χ2n) is 4.11. The summed E-state index contributed by atoms with van der Waals surface area (Å²) in [5.41, 5.74) is 6.01. The largest absolute Gasteiger partial charge is 0.373 e. The molecule has 1 aromatic rings. The molecule has 5 N–H and O–H groups in total. The van der Waals surface area contributed by atoms with E-state index >= 15 is 0 Å². The van der Waals surface area contributed by atoms with Crippen LogP contribution in [0.2, 0.25) is 0 Å². The van der Waals surface area contributed by atoms with Crippen molar-refractivity contribution >= 4 is 17.7 Å². The third kappa shape index (κ3) is 3.76. The summed E-state index contributed by atoms with van der Waals surface area (Å²) in [5.74, 6) is 1.88. The van der Waals surface area contributed by atoms with Gasteiger partial charge >= 0.3 is 6.03 Å². The van der Waals surface area contributed by atoms with Crippen molar-refractivity contribution in [2.24, 2.45) is 5.73 Å². The minimum Gasteiger partial charge on any atom is -0.373 e. The summed E-state index contributed by atoms with van der Waals surface area (Å²) in [4.78, 5) is 18.9. The zero-order valence-electron chi connectivity index (χ0n) is 10.9. The molecule has 100 valence electrons. The van der Waals surface area contributed by atoms with Crippen LogP contribution in [-0.4, -0.2) is 36.1 Å². The Balaban J connectivity index is 2.72. The number of aromatic nitrogens is 2. The molecule has 0 aliphatic rings. The lowest BCUT2D eigenvalue weighted by Crippen LogP contribution is -2.33. The second kappa shape index (κ2) is 6.63. The van der Waals surface area contributed by atoms with Gasteiger partial charge in [-0.3, -0.25) is 0 Å². The molecule has 18 heavy (non-hydrogen) atoms. The molecule has 0 saturated carbocycles. The highest BCUT2D eigenvalue weighted by molar-refractivity contribution is 5.71. The molecule has 1 aromatic heterocycles. The minimum atomic E-state index is -0.528. The maximum absolute atomic E-state index is 10.5. The van der Waals surface area contributed by atoms with Crippen LogP contribution in [0.1, 0.15) is 25.3 Å². The van der Waals surface area contributed by atoms with Crippen LogP contribution in [0.3, 0.4) is 0 Å². The second-order valence-corrected chi connectivity index (χ2v) is 4.11. The van der Waals surface area contributed by atoms with Crippen molar-refractivity contribution in [3.8, 4) is 0 Å². The molecule has 7 heteroatoms. The number of amides is 2. The summed E-state index contributed by atoms with van der Waals surface area (Å²) in [6.45, 7) is 5.16.